The number of carbonyl (C=O) groups is 2. The summed E-state index contributed by atoms with van der Waals surface area (Å²) in [7, 11) is 0. The average molecular weight is 306 g/mol. The van der Waals surface area contributed by atoms with E-state index in [0.29, 0.717) is 0 Å². The number of nitrogens with zero attached hydrogens (tertiary/aromatic N) is 2. The van der Waals surface area contributed by atoms with E-state index >= 15 is 0 Å². The molecule has 1 aromatic carbocycles. The van der Waals surface area contributed by atoms with Crippen molar-refractivity contribution in [1.82, 2.24) is 9.88 Å². The van der Waals surface area contributed by atoms with Gasteiger partial charge < -0.3 is 10.0 Å². The Morgan fingerprint density at radius 1 is 1.33 bits per heavy atom. The Bertz CT molecular complexity index is 666. The van der Waals surface area contributed by atoms with Gasteiger partial charge in [-0.15, -0.1) is 11.3 Å². The zero-order valence-corrected chi connectivity index (χ0v) is 13.1. The summed E-state index contributed by atoms with van der Waals surface area (Å²) in [5.74, 6) is -2.11. The van der Waals surface area contributed by atoms with Gasteiger partial charge in [0.25, 0.3) is 0 Å². The molecule has 0 aliphatic heterocycles. The first-order valence-corrected chi connectivity index (χ1v) is 7.64. The van der Waals surface area contributed by atoms with E-state index in [-0.39, 0.29) is 18.5 Å². The lowest BCUT2D eigenvalue weighted by atomic mass is 10.0. The molecule has 2 rings (SSSR count). The van der Waals surface area contributed by atoms with Crippen molar-refractivity contribution in [2.45, 2.75) is 33.4 Å². The molecule has 0 aliphatic rings. The number of aliphatic carboxylic acids is 1. The highest BCUT2D eigenvalue weighted by molar-refractivity contribution is 7.16. The first-order chi connectivity index (χ1) is 9.90. The molecule has 0 saturated carbocycles. The maximum absolute atomic E-state index is 11.9. The zero-order chi connectivity index (χ0) is 15.6. The Hall–Kier alpha value is -1.95. The zero-order valence-electron chi connectivity index (χ0n) is 12.2. The van der Waals surface area contributed by atoms with Gasteiger partial charge in [-0.1, -0.05) is 19.9 Å². The summed E-state index contributed by atoms with van der Waals surface area (Å²) in [6, 6.07) is 5.61. The predicted octanol–water partition coefficient (Wildman–Crippen LogP) is 2.75. The van der Waals surface area contributed by atoms with Gasteiger partial charge in [0, 0.05) is 12.6 Å². The number of carboxylic acid groups (broad SMARTS) is 1. The number of fused-ring (bicyclic) bond motifs is 1. The van der Waals surface area contributed by atoms with Crippen molar-refractivity contribution >= 4 is 33.4 Å². The molecule has 0 spiro atoms. The van der Waals surface area contributed by atoms with E-state index in [1.807, 2.05) is 39.0 Å². The Morgan fingerprint density at radius 3 is 2.67 bits per heavy atom. The quantitative estimate of drug-likeness (QED) is 0.882. The van der Waals surface area contributed by atoms with Crippen molar-refractivity contribution in [3.63, 3.8) is 0 Å². The van der Waals surface area contributed by atoms with Crippen LogP contribution in [0.15, 0.2) is 23.7 Å². The maximum Gasteiger partial charge on any atom is 0.394 e. The van der Waals surface area contributed by atoms with E-state index in [4.69, 9.17) is 5.11 Å². The van der Waals surface area contributed by atoms with Gasteiger partial charge in [-0.2, -0.15) is 0 Å². The van der Waals surface area contributed by atoms with Crippen molar-refractivity contribution in [2.24, 2.45) is 5.92 Å². The first-order valence-electron chi connectivity index (χ1n) is 6.76. The molecule has 5 nitrogen and oxygen atoms in total. The van der Waals surface area contributed by atoms with Gasteiger partial charge in [-0.05, 0) is 30.5 Å². The second kappa shape index (κ2) is 6.22. The van der Waals surface area contributed by atoms with Crippen LogP contribution >= 0.6 is 11.3 Å². The monoisotopic (exact) mass is 306 g/mol. The Morgan fingerprint density at radius 2 is 2.05 bits per heavy atom. The third kappa shape index (κ3) is 3.39. The molecule has 6 heteroatoms. The van der Waals surface area contributed by atoms with Crippen molar-refractivity contribution in [1.29, 1.82) is 0 Å². The molecule has 0 radical (unpaired) electrons. The molecular weight excluding hydrogens is 288 g/mol. The van der Waals surface area contributed by atoms with Crippen LogP contribution in [0.2, 0.25) is 0 Å². The highest BCUT2D eigenvalue weighted by Gasteiger charge is 2.27. The number of benzene rings is 1. The number of amides is 1. The van der Waals surface area contributed by atoms with Crippen molar-refractivity contribution in [2.75, 3.05) is 0 Å². The molecule has 1 heterocycles. The topological polar surface area (TPSA) is 70.5 Å². The molecule has 1 atom stereocenters. The second-order valence-corrected chi connectivity index (χ2v) is 6.26. The minimum atomic E-state index is -1.42. The number of rotatable bonds is 4. The van der Waals surface area contributed by atoms with Gasteiger partial charge in [0.2, 0.25) is 0 Å². The summed E-state index contributed by atoms with van der Waals surface area (Å²) in [5.41, 5.74) is 3.53. The lowest BCUT2D eigenvalue weighted by molar-refractivity contribution is -0.158. The molecule has 1 aromatic heterocycles. The van der Waals surface area contributed by atoms with Gasteiger partial charge >= 0.3 is 11.9 Å². The van der Waals surface area contributed by atoms with Crippen LogP contribution in [-0.4, -0.2) is 32.9 Å². The van der Waals surface area contributed by atoms with Gasteiger partial charge in [-0.25, -0.2) is 9.78 Å². The molecule has 2 aromatic rings. The smallest absolute Gasteiger partial charge is 0.394 e. The van der Waals surface area contributed by atoms with Crippen molar-refractivity contribution < 1.29 is 14.7 Å². The van der Waals surface area contributed by atoms with E-state index < -0.39 is 11.9 Å². The largest absolute Gasteiger partial charge is 0.474 e. The molecule has 21 heavy (non-hydrogen) atoms. The third-order valence-electron chi connectivity index (χ3n) is 3.65. The number of carboxylic acids is 1. The maximum atomic E-state index is 11.9. The second-order valence-electron chi connectivity index (χ2n) is 5.38. The number of thiazole rings is 1. The van der Waals surface area contributed by atoms with E-state index in [1.54, 1.807) is 16.8 Å². The van der Waals surface area contributed by atoms with E-state index in [1.165, 1.54) is 4.90 Å². The fourth-order valence-corrected chi connectivity index (χ4v) is 2.74. The van der Waals surface area contributed by atoms with Crippen molar-refractivity contribution in [3.8, 4) is 0 Å². The number of aromatic nitrogens is 1. The van der Waals surface area contributed by atoms with Crippen LogP contribution in [0.5, 0.6) is 0 Å². The van der Waals surface area contributed by atoms with Crippen LogP contribution in [0, 0.1) is 5.92 Å². The van der Waals surface area contributed by atoms with Crippen LogP contribution in [0.1, 0.15) is 26.3 Å². The van der Waals surface area contributed by atoms with Crippen LogP contribution < -0.4 is 0 Å². The van der Waals surface area contributed by atoms with Gasteiger partial charge in [-0.3, -0.25) is 4.79 Å². The summed E-state index contributed by atoms with van der Waals surface area (Å²) in [4.78, 5) is 28.6. The van der Waals surface area contributed by atoms with Crippen LogP contribution in [0.25, 0.3) is 10.2 Å². The van der Waals surface area contributed by atoms with Gasteiger partial charge in [0.1, 0.15) is 0 Å². The van der Waals surface area contributed by atoms with Crippen LogP contribution in [-0.2, 0) is 16.1 Å². The molecule has 1 amide bonds. The Balaban J connectivity index is 2.28. The molecule has 0 bridgehead atoms. The fraction of sp³-hybridized carbons (Fsp3) is 0.400. The lowest BCUT2D eigenvalue weighted by Crippen LogP contribution is -2.44. The van der Waals surface area contributed by atoms with E-state index in [2.05, 4.69) is 4.98 Å². The molecule has 1 N–H and O–H groups in total. The van der Waals surface area contributed by atoms with E-state index in [0.717, 1.165) is 15.8 Å². The number of hydrogen-bond donors (Lipinski definition) is 1. The van der Waals surface area contributed by atoms with Crippen LogP contribution in [0.4, 0.5) is 0 Å². The normalized spacial score (nSPS) is 12.6. The van der Waals surface area contributed by atoms with Crippen LogP contribution in [0.3, 0.4) is 0 Å². The SMILES string of the molecule is CC(C)[C@@H](C)N(Cc1ccc2scnc2c1)C(=O)C(=O)O. The summed E-state index contributed by atoms with van der Waals surface area (Å²) in [6.45, 7) is 6.08. The van der Waals surface area contributed by atoms with Gasteiger partial charge in [0.15, 0.2) is 0 Å². The average Bonchev–Trinajstić information content (AvgIpc) is 2.90. The fourth-order valence-electron chi connectivity index (χ4n) is 2.08. The standard InChI is InChI=1S/C15H18N2O3S/c1-9(2)10(3)17(14(18)15(19)20)7-11-4-5-13-12(6-11)16-8-21-13/h4-6,8-10H,7H2,1-3H3,(H,19,20)/t10-/m1/s1. The molecule has 0 fully saturated rings. The minimum Gasteiger partial charge on any atom is -0.474 e. The third-order valence-corrected chi connectivity index (χ3v) is 4.46. The summed E-state index contributed by atoms with van der Waals surface area (Å²) in [6.07, 6.45) is 0. The van der Waals surface area contributed by atoms with Gasteiger partial charge in [0.05, 0.1) is 15.7 Å². The minimum absolute atomic E-state index is 0.153. The van der Waals surface area contributed by atoms with Crippen molar-refractivity contribution in [3.05, 3.63) is 29.3 Å². The molecule has 0 aliphatic carbocycles. The molecule has 112 valence electrons. The highest BCUT2D eigenvalue weighted by Crippen LogP contribution is 2.21. The Labute approximate surface area is 127 Å². The molecular formula is C15H18N2O3S. The highest BCUT2D eigenvalue weighted by atomic mass is 32.1. The molecule has 0 saturated heterocycles. The summed E-state index contributed by atoms with van der Waals surface area (Å²) in [5, 5.41) is 9.00. The molecule has 0 unspecified atom stereocenters. The van der Waals surface area contributed by atoms with E-state index in [9.17, 15) is 9.59 Å². The number of hydrogen-bond acceptors (Lipinski definition) is 4. The summed E-state index contributed by atoms with van der Waals surface area (Å²) < 4.78 is 1.08. The first kappa shape index (κ1) is 15.4. The number of carbonyl (C=O) groups excluding carboxylic acids is 1. The lowest BCUT2D eigenvalue weighted by Gasteiger charge is -2.30. The summed E-state index contributed by atoms with van der Waals surface area (Å²) >= 11 is 1.55. The predicted molar refractivity (Wildman–Crippen MR) is 82.1 cm³/mol. The Kier molecular flexibility index (Phi) is 4.57.